The van der Waals surface area contributed by atoms with Gasteiger partial charge in [0.25, 0.3) is 0 Å². The molecule has 94 valence electrons. The Morgan fingerprint density at radius 2 is 1.94 bits per heavy atom. The molecular formula is C11H14F2IN3. The molecule has 17 heavy (non-hydrogen) atoms. The van der Waals surface area contributed by atoms with Crippen molar-refractivity contribution in [3.05, 3.63) is 35.4 Å². The van der Waals surface area contributed by atoms with Crippen molar-refractivity contribution in [2.75, 3.05) is 0 Å². The molecule has 1 aromatic carbocycles. The first-order valence-corrected chi connectivity index (χ1v) is 5.16. The van der Waals surface area contributed by atoms with Crippen molar-refractivity contribution < 1.29 is 8.78 Å². The van der Waals surface area contributed by atoms with Crippen LogP contribution in [0.5, 0.6) is 0 Å². The minimum absolute atomic E-state index is 0. The minimum atomic E-state index is -0.594. The summed E-state index contributed by atoms with van der Waals surface area (Å²) in [6.07, 6.45) is 2.15. The van der Waals surface area contributed by atoms with Crippen molar-refractivity contribution >= 4 is 29.9 Å². The highest BCUT2D eigenvalue weighted by Gasteiger charge is 2.21. The monoisotopic (exact) mass is 353 g/mol. The number of hydrogen-bond acceptors (Lipinski definition) is 1. The van der Waals surface area contributed by atoms with Gasteiger partial charge in [0.1, 0.15) is 11.6 Å². The average Bonchev–Trinajstić information content (AvgIpc) is 3.01. The molecule has 0 heterocycles. The number of hydrogen-bond donors (Lipinski definition) is 2. The summed E-state index contributed by atoms with van der Waals surface area (Å²) in [5.41, 5.74) is 5.50. The molecule has 0 aromatic heterocycles. The number of guanidine groups is 1. The van der Waals surface area contributed by atoms with Crippen molar-refractivity contribution in [1.82, 2.24) is 5.32 Å². The second-order valence-electron chi connectivity index (χ2n) is 3.82. The number of rotatable bonds is 3. The number of benzene rings is 1. The molecule has 0 amide bonds. The predicted octanol–water partition coefficient (Wildman–Crippen LogP) is 2.15. The maximum atomic E-state index is 13.2. The molecule has 0 bridgehead atoms. The molecule has 0 atom stereocenters. The fourth-order valence-electron chi connectivity index (χ4n) is 1.33. The molecule has 0 saturated heterocycles. The van der Waals surface area contributed by atoms with E-state index >= 15 is 0 Å². The van der Waals surface area contributed by atoms with E-state index in [9.17, 15) is 8.78 Å². The van der Waals surface area contributed by atoms with Gasteiger partial charge in [-0.1, -0.05) is 6.07 Å². The Kier molecular flexibility index (Phi) is 5.10. The number of nitrogens with one attached hydrogen (secondary N) is 1. The van der Waals surface area contributed by atoms with E-state index in [4.69, 9.17) is 5.73 Å². The van der Waals surface area contributed by atoms with Crippen LogP contribution in [-0.4, -0.2) is 12.0 Å². The van der Waals surface area contributed by atoms with E-state index < -0.39 is 11.6 Å². The van der Waals surface area contributed by atoms with E-state index in [-0.39, 0.29) is 42.0 Å². The number of halogens is 3. The SMILES string of the molecule is I.NC(=NCc1c(F)cccc1F)NC1CC1. The fraction of sp³-hybridized carbons (Fsp3) is 0.364. The molecule has 3 nitrogen and oxygen atoms in total. The maximum absolute atomic E-state index is 13.2. The lowest BCUT2D eigenvalue weighted by Crippen LogP contribution is -2.33. The molecule has 1 aromatic rings. The lowest BCUT2D eigenvalue weighted by Gasteiger charge is -2.04. The largest absolute Gasteiger partial charge is 0.370 e. The highest BCUT2D eigenvalue weighted by molar-refractivity contribution is 14.0. The topological polar surface area (TPSA) is 50.4 Å². The van der Waals surface area contributed by atoms with Gasteiger partial charge < -0.3 is 11.1 Å². The summed E-state index contributed by atoms with van der Waals surface area (Å²) in [5, 5.41) is 2.95. The standard InChI is InChI=1S/C11H13F2N3.HI/c12-9-2-1-3-10(13)8(9)6-15-11(14)16-7-4-5-7;/h1-3,7H,4-6H2,(H3,14,15,16);1H. The van der Waals surface area contributed by atoms with Crippen LogP contribution in [0.3, 0.4) is 0 Å². The molecule has 3 N–H and O–H groups in total. The zero-order chi connectivity index (χ0) is 11.5. The summed E-state index contributed by atoms with van der Waals surface area (Å²) in [7, 11) is 0. The van der Waals surface area contributed by atoms with Gasteiger partial charge in [-0.05, 0) is 25.0 Å². The fourth-order valence-corrected chi connectivity index (χ4v) is 1.33. The van der Waals surface area contributed by atoms with Gasteiger partial charge in [0.2, 0.25) is 0 Å². The Balaban J connectivity index is 0.00000144. The van der Waals surface area contributed by atoms with E-state index in [1.165, 1.54) is 18.2 Å². The van der Waals surface area contributed by atoms with Crippen LogP contribution in [0.25, 0.3) is 0 Å². The Labute approximate surface area is 116 Å². The van der Waals surface area contributed by atoms with Gasteiger partial charge in [-0.25, -0.2) is 13.8 Å². The van der Waals surface area contributed by atoms with Crippen molar-refractivity contribution in [3.8, 4) is 0 Å². The average molecular weight is 353 g/mol. The van der Waals surface area contributed by atoms with Crippen LogP contribution in [0.2, 0.25) is 0 Å². The van der Waals surface area contributed by atoms with Crippen LogP contribution in [0.1, 0.15) is 18.4 Å². The van der Waals surface area contributed by atoms with Crippen molar-refractivity contribution in [3.63, 3.8) is 0 Å². The molecule has 0 unspecified atom stereocenters. The molecule has 0 radical (unpaired) electrons. The molecule has 0 spiro atoms. The minimum Gasteiger partial charge on any atom is -0.370 e. The summed E-state index contributed by atoms with van der Waals surface area (Å²) in [5.74, 6) is -0.948. The van der Waals surface area contributed by atoms with E-state index in [1.807, 2.05) is 0 Å². The Hall–Kier alpha value is -0.920. The number of aliphatic imine (C=N–C) groups is 1. The molecule has 1 fully saturated rings. The summed E-state index contributed by atoms with van der Waals surface area (Å²) in [6, 6.07) is 4.12. The van der Waals surface area contributed by atoms with Crippen LogP contribution in [0.4, 0.5) is 8.78 Å². The number of nitrogens with zero attached hydrogens (tertiary/aromatic N) is 1. The highest BCUT2D eigenvalue weighted by Crippen LogP contribution is 2.18. The smallest absolute Gasteiger partial charge is 0.189 e. The van der Waals surface area contributed by atoms with Crippen LogP contribution in [-0.2, 0) is 6.54 Å². The second kappa shape index (κ2) is 6.13. The molecule has 1 saturated carbocycles. The normalized spacial score (nSPS) is 15.3. The Morgan fingerprint density at radius 1 is 1.35 bits per heavy atom. The van der Waals surface area contributed by atoms with Gasteiger partial charge in [0.05, 0.1) is 6.54 Å². The maximum Gasteiger partial charge on any atom is 0.189 e. The predicted molar refractivity (Wildman–Crippen MR) is 73.3 cm³/mol. The summed E-state index contributed by atoms with van der Waals surface area (Å²) in [6.45, 7) is -0.0793. The van der Waals surface area contributed by atoms with Crippen molar-refractivity contribution in [1.29, 1.82) is 0 Å². The molecule has 1 aliphatic carbocycles. The lowest BCUT2D eigenvalue weighted by atomic mass is 10.2. The van der Waals surface area contributed by atoms with Gasteiger partial charge in [0.15, 0.2) is 5.96 Å². The third-order valence-electron chi connectivity index (χ3n) is 2.40. The molecule has 6 heteroatoms. The number of nitrogens with two attached hydrogens (primary N) is 1. The molecule has 0 aliphatic heterocycles. The van der Waals surface area contributed by atoms with Gasteiger partial charge in [0, 0.05) is 11.6 Å². The van der Waals surface area contributed by atoms with E-state index in [2.05, 4.69) is 10.3 Å². The van der Waals surface area contributed by atoms with Gasteiger partial charge in [-0.15, -0.1) is 24.0 Å². The Bertz CT molecular complexity index is 399. The molecule has 1 aliphatic rings. The van der Waals surface area contributed by atoms with Crippen molar-refractivity contribution in [2.24, 2.45) is 10.7 Å². The third kappa shape index (κ3) is 4.10. The molecular weight excluding hydrogens is 339 g/mol. The van der Waals surface area contributed by atoms with Crippen LogP contribution < -0.4 is 11.1 Å². The van der Waals surface area contributed by atoms with Crippen LogP contribution >= 0.6 is 24.0 Å². The Morgan fingerprint density at radius 3 is 2.47 bits per heavy atom. The van der Waals surface area contributed by atoms with Gasteiger partial charge in [-0.3, -0.25) is 0 Å². The van der Waals surface area contributed by atoms with E-state index in [0.717, 1.165) is 12.8 Å². The first kappa shape index (κ1) is 14.1. The highest BCUT2D eigenvalue weighted by atomic mass is 127. The lowest BCUT2D eigenvalue weighted by molar-refractivity contribution is 0.557. The summed E-state index contributed by atoms with van der Waals surface area (Å²) < 4.78 is 26.4. The van der Waals surface area contributed by atoms with E-state index in [0.29, 0.717) is 6.04 Å². The molecule has 2 rings (SSSR count). The summed E-state index contributed by atoms with van der Waals surface area (Å²) in [4.78, 5) is 3.90. The second-order valence-corrected chi connectivity index (χ2v) is 3.82. The first-order valence-electron chi connectivity index (χ1n) is 5.16. The zero-order valence-electron chi connectivity index (χ0n) is 9.12. The van der Waals surface area contributed by atoms with Gasteiger partial charge in [-0.2, -0.15) is 0 Å². The van der Waals surface area contributed by atoms with Crippen molar-refractivity contribution in [2.45, 2.75) is 25.4 Å². The van der Waals surface area contributed by atoms with Crippen LogP contribution in [0.15, 0.2) is 23.2 Å². The third-order valence-corrected chi connectivity index (χ3v) is 2.40. The first-order chi connectivity index (χ1) is 7.66. The van der Waals surface area contributed by atoms with Gasteiger partial charge >= 0.3 is 0 Å². The summed E-state index contributed by atoms with van der Waals surface area (Å²) >= 11 is 0. The quantitative estimate of drug-likeness (QED) is 0.497. The zero-order valence-corrected chi connectivity index (χ0v) is 11.4. The van der Waals surface area contributed by atoms with E-state index in [1.54, 1.807) is 0 Å². The van der Waals surface area contributed by atoms with Crippen LogP contribution in [0, 0.1) is 11.6 Å².